The van der Waals surface area contributed by atoms with Gasteiger partial charge < -0.3 is 10.0 Å². The molecule has 2 aromatic carbocycles. The summed E-state index contributed by atoms with van der Waals surface area (Å²) in [5.41, 5.74) is 4.67. The number of carbonyl (C=O) groups excluding carboxylic acids is 1. The molecule has 0 fully saturated rings. The third kappa shape index (κ3) is 3.46. The first-order valence-corrected chi connectivity index (χ1v) is 9.05. The fourth-order valence-electron chi connectivity index (χ4n) is 3.97. The Morgan fingerprint density at radius 3 is 2.40 bits per heavy atom. The molecule has 0 bridgehead atoms. The SMILES string of the molecule is O=C1c2ccccc2CCN1CC(O)CN1CCc2ccccc2C1. The van der Waals surface area contributed by atoms with Gasteiger partial charge in [-0.3, -0.25) is 9.69 Å². The van der Waals surface area contributed by atoms with Gasteiger partial charge in [-0.25, -0.2) is 0 Å². The zero-order chi connectivity index (χ0) is 17.2. The third-order valence-corrected chi connectivity index (χ3v) is 5.30. The molecule has 1 amide bonds. The molecule has 4 nitrogen and oxygen atoms in total. The normalized spacial score (nSPS) is 18.6. The first kappa shape index (κ1) is 16.3. The van der Waals surface area contributed by atoms with Crippen LogP contribution in [0.15, 0.2) is 48.5 Å². The molecule has 4 heteroatoms. The van der Waals surface area contributed by atoms with Gasteiger partial charge in [0.05, 0.1) is 6.10 Å². The summed E-state index contributed by atoms with van der Waals surface area (Å²) in [7, 11) is 0. The Balaban J connectivity index is 1.36. The Morgan fingerprint density at radius 2 is 1.56 bits per heavy atom. The number of nitrogens with zero attached hydrogens (tertiary/aromatic N) is 2. The molecule has 25 heavy (non-hydrogen) atoms. The lowest BCUT2D eigenvalue weighted by Crippen LogP contribution is -2.46. The van der Waals surface area contributed by atoms with Crippen molar-refractivity contribution in [2.45, 2.75) is 25.5 Å². The van der Waals surface area contributed by atoms with Gasteiger partial charge >= 0.3 is 0 Å². The summed E-state index contributed by atoms with van der Waals surface area (Å²) in [5, 5.41) is 10.5. The highest BCUT2D eigenvalue weighted by molar-refractivity contribution is 5.96. The van der Waals surface area contributed by atoms with Crippen LogP contribution in [0.5, 0.6) is 0 Å². The summed E-state index contributed by atoms with van der Waals surface area (Å²) in [5.74, 6) is 0.0462. The molecule has 4 rings (SSSR count). The number of hydrogen-bond acceptors (Lipinski definition) is 3. The van der Waals surface area contributed by atoms with Crippen molar-refractivity contribution in [1.82, 2.24) is 9.80 Å². The second-order valence-corrected chi connectivity index (χ2v) is 7.07. The van der Waals surface area contributed by atoms with Crippen molar-refractivity contribution in [3.63, 3.8) is 0 Å². The second-order valence-electron chi connectivity index (χ2n) is 7.07. The predicted molar refractivity (Wildman–Crippen MR) is 97.5 cm³/mol. The second kappa shape index (κ2) is 6.98. The minimum Gasteiger partial charge on any atom is -0.390 e. The summed E-state index contributed by atoms with van der Waals surface area (Å²) in [6.07, 6.45) is 1.38. The molecule has 0 saturated carbocycles. The summed E-state index contributed by atoms with van der Waals surface area (Å²) < 4.78 is 0. The molecule has 2 heterocycles. The molecule has 2 aliphatic rings. The Bertz CT molecular complexity index is 774. The van der Waals surface area contributed by atoms with Crippen molar-refractivity contribution in [2.75, 3.05) is 26.2 Å². The molecule has 2 aromatic rings. The molecular weight excluding hydrogens is 312 g/mol. The van der Waals surface area contributed by atoms with Crippen LogP contribution in [0, 0.1) is 0 Å². The Kier molecular flexibility index (Phi) is 4.55. The van der Waals surface area contributed by atoms with Gasteiger partial charge in [0.25, 0.3) is 5.91 Å². The highest BCUT2D eigenvalue weighted by Crippen LogP contribution is 2.20. The number of amides is 1. The first-order chi connectivity index (χ1) is 12.2. The van der Waals surface area contributed by atoms with E-state index in [9.17, 15) is 9.90 Å². The Labute approximate surface area is 148 Å². The monoisotopic (exact) mass is 336 g/mol. The fourth-order valence-corrected chi connectivity index (χ4v) is 3.97. The fraction of sp³-hybridized carbons (Fsp3) is 0.381. The van der Waals surface area contributed by atoms with Gasteiger partial charge in [0.2, 0.25) is 0 Å². The Hall–Kier alpha value is -2.17. The molecule has 0 spiro atoms. The number of hydrogen-bond donors (Lipinski definition) is 1. The molecule has 130 valence electrons. The molecular formula is C21H24N2O2. The highest BCUT2D eigenvalue weighted by atomic mass is 16.3. The van der Waals surface area contributed by atoms with Crippen LogP contribution in [-0.4, -0.2) is 53.1 Å². The van der Waals surface area contributed by atoms with Crippen LogP contribution in [0.1, 0.15) is 27.0 Å². The lowest BCUT2D eigenvalue weighted by Gasteiger charge is -2.34. The largest absolute Gasteiger partial charge is 0.390 e. The maximum absolute atomic E-state index is 12.6. The number of carbonyl (C=O) groups is 1. The zero-order valence-electron chi connectivity index (χ0n) is 14.4. The van der Waals surface area contributed by atoms with E-state index in [1.54, 1.807) is 4.90 Å². The van der Waals surface area contributed by atoms with Crippen LogP contribution < -0.4 is 0 Å². The van der Waals surface area contributed by atoms with Crippen LogP contribution >= 0.6 is 0 Å². The lowest BCUT2D eigenvalue weighted by atomic mass is 9.98. The number of aliphatic hydroxyl groups excluding tert-OH is 1. The summed E-state index contributed by atoms with van der Waals surface area (Å²) in [6.45, 7) is 3.55. The number of aliphatic hydroxyl groups is 1. The number of rotatable bonds is 4. The van der Waals surface area contributed by atoms with Crippen molar-refractivity contribution in [3.05, 3.63) is 70.8 Å². The number of fused-ring (bicyclic) bond motifs is 2. The summed E-state index contributed by atoms with van der Waals surface area (Å²) >= 11 is 0. The summed E-state index contributed by atoms with van der Waals surface area (Å²) in [4.78, 5) is 16.7. The van der Waals surface area contributed by atoms with Gasteiger partial charge in [-0.05, 0) is 35.6 Å². The highest BCUT2D eigenvalue weighted by Gasteiger charge is 2.26. The number of β-amino-alcohol motifs (C(OH)–C–C–N with tert-alkyl or cyclic N) is 1. The standard InChI is InChI=1S/C21H24N2O2/c24-19(14-22-11-9-16-5-1-2-7-18(16)13-22)15-23-12-10-17-6-3-4-8-20(17)21(23)25/h1-8,19,24H,9-15H2. The molecule has 1 atom stereocenters. The molecule has 0 aromatic heterocycles. The van der Waals surface area contributed by atoms with Crippen LogP contribution in [0.4, 0.5) is 0 Å². The maximum Gasteiger partial charge on any atom is 0.254 e. The Morgan fingerprint density at radius 1 is 0.880 bits per heavy atom. The predicted octanol–water partition coefficient (Wildman–Crippen LogP) is 2.10. The third-order valence-electron chi connectivity index (χ3n) is 5.30. The average Bonchev–Trinajstić information content (AvgIpc) is 2.64. The van der Waals surface area contributed by atoms with E-state index in [0.717, 1.165) is 37.1 Å². The topological polar surface area (TPSA) is 43.8 Å². The molecule has 2 aliphatic heterocycles. The molecule has 1 unspecified atom stereocenters. The van der Waals surface area contributed by atoms with Crippen molar-refractivity contribution in [2.24, 2.45) is 0 Å². The van der Waals surface area contributed by atoms with Crippen LogP contribution in [-0.2, 0) is 19.4 Å². The van der Waals surface area contributed by atoms with Crippen molar-refractivity contribution in [1.29, 1.82) is 0 Å². The molecule has 0 aliphatic carbocycles. The average molecular weight is 336 g/mol. The molecule has 1 N–H and O–H groups in total. The summed E-state index contributed by atoms with van der Waals surface area (Å²) in [6, 6.07) is 16.3. The van der Waals surface area contributed by atoms with Crippen LogP contribution in [0.3, 0.4) is 0 Å². The van der Waals surface area contributed by atoms with Gasteiger partial charge in [0.15, 0.2) is 0 Å². The van der Waals surface area contributed by atoms with Gasteiger partial charge in [0.1, 0.15) is 0 Å². The van der Waals surface area contributed by atoms with E-state index >= 15 is 0 Å². The van der Waals surface area contributed by atoms with E-state index in [4.69, 9.17) is 0 Å². The van der Waals surface area contributed by atoms with Crippen molar-refractivity contribution in [3.8, 4) is 0 Å². The van der Waals surface area contributed by atoms with E-state index < -0.39 is 6.10 Å². The van der Waals surface area contributed by atoms with E-state index in [-0.39, 0.29) is 5.91 Å². The maximum atomic E-state index is 12.6. The van der Waals surface area contributed by atoms with Crippen LogP contribution in [0.25, 0.3) is 0 Å². The molecule has 0 saturated heterocycles. The zero-order valence-corrected chi connectivity index (χ0v) is 14.4. The first-order valence-electron chi connectivity index (χ1n) is 9.05. The number of benzene rings is 2. The quantitative estimate of drug-likeness (QED) is 0.930. The lowest BCUT2D eigenvalue weighted by molar-refractivity contribution is 0.0493. The van der Waals surface area contributed by atoms with Gasteiger partial charge in [-0.2, -0.15) is 0 Å². The van der Waals surface area contributed by atoms with Crippen molar-refractivity contribution >= 4 is 5.91 Å². The van der Waals surface area contributed by atoms with Crippen molar-refractivity contribution < 1.29 is 9.90 Å². The van der Waals surface area contributed by atoms with E-state index in [1.807, 2.05) is 24.3 Å². The smallest absolute Gasteiger partial charge is 0.254 e. The van der Waals surface area contributed by atoms with Crippen LogP contribution in [0.2, 0.25) is 0 Å². The van der Waals surface area contributed by atoms with Gasteiger partial charge in [-0.1, -0.05) is 42.5 Å². The molecule has 0 radical (unpaired) electrons. The van der Waals surface area contributed by atoms with E-state index in [0.29, 0.717) is 19.6 Å². The van der Waals surface area contributed by atoms with Gasteiger partial charge in [-0.15, -0.1) is 0 Å². The van der Waals surface area contributed by atoms with Gasteiger partial charge in [0, 0.05) is 38.3 Å². The minimum atomic E-state index is -0.514. The van der Waals surface area contributed by atoms with E-state index in [1.165, 1.54) is 11.1 Å². The minimum absolute atomic E-state index is 0.0462. The van der Waals surface area contributed by atoms with E-state index in [2.05, 4.69) is 29.2 Å².